The SMILES string of the molecule is CC(C)(C)C(=O)N[C@@H](C(=O)N[C@]1(O)CCc2ccccc21)[C@H](Cc1ccccc1O)C(=O)NO. The molecule has 0 fully saturated rings. The fraction of sp³-hybridized carbons (Fsp3) is 0.400. The highest BCUT2D eigenvalue weighted by atomic mass is 16.5. The number of benzene rings is 2. The number of aryl methyl sites for hydroxylation is 1. The van der Waals surface area contributed by atoms with Gasteiger partial charge in [-0.2, -0.15) is 0 Å². The zero-order chi connectivity index (χ0) is 25.1. The lowest BCUT2D eigenvalue weighted by atomic mass is 9.88. The third-order valence-electron chi connectivity index (χ3n) is 6.08. The van der Waals surface area contributed by atoms with Gasteiger partial charge in [0.05, 0.1) is 5.92 Å². The molecule has 0 saturated heterocycles. The molecule has 0 radical (unpaired) electrons. The maximum absolute atomic E-state index is 13.5. The normalized spacial score (nSPS) is 19.0. The predicted molar refractivity (Wildman–Crippen MR) is 123 cm³/mol. The zero-order valence-electron chi connectivity index (χ0n) is 19.5. The number of amides is 3. The molecule has 34 heavy (non-hydrogen) atoms. The van der Waals surface area contributed by atoms with Crippen LogP contribution in [-0.4, -0.2) is 39.2 Å². The second-order valence-corrected chi connectivity index (χ2v) is 9.62. The number of aliphatic hydroxyl groups is 1. The molecule has 2 aromatic rings. The Labute approximate surface area is 198 Å². The highest BCUT2D eigenvalue weighted by Crippen LogP contribution is 2.35. The minimum Gasteiger partial charge on any atom is -0.508 e. The molecule has 0 heterocycles. The Bertz CT molecular complexity index is 1080. The van der Waals surface area contributed by atoms with Gasteiger partial charge in [-0.25, -0.2) is 5.48 Å². The molecule has 0 saturated carbocycles. The quantitative estimate of drug-likeness (QED) is 0.206. The summed E-state index contributed by atoms with van der Waals surface area (Å²) in [5.74, 6) is -3.59. The number of fused-ring (bicyclic) bond motifs is 1. The summed E-state index contributed by atoms with van der Waals surface area (Å²) in [5.41, 5.74) is 0.787. The molecule has 9 nitrogen and oxygen atoms in total. The highest BCUT2D eigenvalue weighted by molar-refractivity contribution is 5.94. The molecule has 0 bridgehead atoms. The van der Waals surface area contributed by atoms with E-state index in [1.54, 1.807) is 56.6 Å². The van der Waals surface area contributed by atoms with Crippen molar-refractivity contribution in [3.63, 3.8) is 0 Å². The van der Waals surface area contributed by atoms with Crippen molar-refractivity contribution in [1.82, 2.24) is 16.1 Å². The molecule has 0 unspecified atom stereocenters. The van der Waals surface area contributed by atoms with Gasteiger partial charge in [-0.05, 0) is 30.0 Å². The van der Waals surface area contributed by atoms with Crippen LogP contribution in [0.2, 0.25) is 0 Å². The standard InChI is InChI=1S/C25H31N3O6/c1-24(2,3)23(32)26-20(17(21(30)28-34)14-16-9-5-7-11-19(16)29)22(31)27-25(33)13-12-15-8-4-6-10-18(15)25/h4-11,17,20,29,33-34H,12-14H2,1-3H3,(H,26,32)(H,27,31)(H,28,30)/t17-,20+,25-/m0/s1. The second-order valence-electron chi connectivity index (χ2n) is 9.62. The molecule has 182 valence electrons. The molecule has 0 aromatic heterocycles. The first-order valence-corrected chi connectivity index (χ1v) is 11.1. The minimum absolute atomic E-state index is 0.0945. The lowest BCUT2D eigenvalue weighted by molar-refractivity contribution is -0.144. The average molecular weight is 470 g/mol. The first kappa shape index (κ1) is 25.2. The van der Waals surface area contributed by atoms with Gasteiger partial charge in [0.15, 0.2) is 5.72 Å². The van der Waals surface area contributed by atoms with Gasteiger partial charge >= 0.3 is 0 Å². The molecule has 3 amide bonds. The maximum atomic E-state index is 13.5. The number of hydrogen-bond donors (Lipinski definition) is 6. The Morgan fingerprint density at radius 1 is 1.03 bits per heavy atom. The average Bonchev–Trinajstić information content (AvgIpc) is 3.12. The number of nitrogens with one attached hydrogen (secondary N) is 3. The van der Waals surface area contributed by atoms with Gasteiger partial charge < -0.3 is 20.8 Å². The molecule has 0 aliphatic heterocycles. The van der Waals surface area contributed by atoms with Crippen LogP contribution in [0.5, 0.6) is 5.75 Å². The van der Waals surface area contributed by atoms with E-state index in [-0.39, 0.29) is 18.6 Å². The van der Waals surface area contributed by atoms with E-state index < -0.39 is 40.8 Å². The summed E-state index contributed by atoms with van der Waals surface area (Å²) in [6.45, 7) is 4.96. The molecular formula is C25H31N3O6. The van der Waals surface area contributed by atoms with Crippen molar-refractivity contribution in [2.24, 2.45) is 11.3 Å². The second kappa shape index (κ2) is 9.82. The topological polar surface area (TPSA) is 148 Å². The lowest BCUT2D eigenvalue weighted by Crippen LogP contribution is -2.60. The van der Waals surface area contributed by atoms with Crippen LogP contribution in [0.4, 0.5) is 0 Å². The number of phenolic OH excluding ortho intramolecular Hbond substituents is 1. The van der Waals surface area contributed by atoms with E-state index in [4.69, 9.17) is 0 Å². The first-order chi connectivity index (χ1) is 16.0. The van der Waals surface area contributed by atoms with Crippen LogP contribution < -0.4 is 16.1 Å². The molecule has 2 aromatic carbocycles. The summed E-state index contributed by atoms with van der Waals surface area (Å²) in [7, 11) is 0. The Morgan fingerprint density at radius 3 is 2.32 bits per heavy atom. The van der Waals surface area contributed by atoms with Crippen LogP contribution in [0.25, 0.3) is 0 Å². The Balaban J connectivity index is 1.97. The van der Waals surface area contributed by atoms with Crippen molar-refractivity contribution >= 4 is 17.7 Å². The van der Waals surface area contributed by atoms with Gasteiger partial charge in [-0.1, -0.05) is 63.2 Å². The number of carbonyl (C=O) groups is 3. The molecule has 3 atom stereocenters. The van der Waals surface area contributed by atoms with Gasteiger partial charge in [0.2, 0.25) is 17.7 Å². The Hall–Kier alpha value is -3.43. The monoisotopic (exact) mass is 469 g/mol. The molecule has 1 aliphatic carbocycles. The molecule has 3 rings (SSSR count). The highest BCUT2D eigenvalue weighted by Gasteiger charge is 2.43. The van der Waals surface area contributed by atoms with Crippen molar-refractivity contribution in [3.8, 4) is 5.75 Å². The van der Waals surface area contributed by atoms with Gasteiger partial charge in [-0.15, -0.1) is 0 Å². The van der Waals surface area contributed by atoms with Gasteiger partial charge in [0, 0.05) is 17.4 Å². The van der Waals surface area contributed by atoms with Crippen molar-refractivity contribution in [2.75, 3.05) is 0 Å². The Kier molecular flexibility index (Phi) is 7.28. The molecule has 9 heteroatoms. The number of para-hydroxylation sites is 1. The number of rotatable bonds is 7. The first-order valence-electron chi connectivity index (χ1n) is 11.1. The molecular weight excluding hydrogens is 438 g/mol. The number of phenols is 1. The van der Waals surface area contributed by atoms with E-state index in [2.05, 4.69) is 10.6 Å². The van der Waals surface area contributed by atoms with E-state index in [9.17, 15) is 29.8 Å². The fourth-order valence-electron chi connectivity index (χ4n) is 4.08. The zero-order valence-corrected chi connectivity index (χ0v) is 19.5. The van der Waals surface area contributed by atoms with E-state index >= 15 is 0 Å². The van der Waals surface area contributed by atoms with Crippen LogP contribution in [0.1, 0.15) is 43.9 Å². The summed E-state index contributed by atoms with van der Waals surface area (Å²) in [6.07, 6.45) is 0.620. The minimum atomic E-state index is -1.67. The van der Waals surface area contributed by atoms with Crippen molar-refractivity contribution in [1.29, 1.82) is 0 Å². The fourth-order valence-corrected chi connectivity index (χ4v) is 4.08. The summed E-state index contributed by atoms with van der Waals surface area (Å²) in [5, 5.41) is 36.0. The third kappa shape index (κ3) is 5.37. The Morgan fingerprint density at radius 2 is 1.68 bits per heavy atom. The summed E-state index contributed by atoms with van der Waals surface area (Å²) >= 11 is 0. The van der Waals surface area contributed by atoms with Crippen LogP contribution in [0.15, 0.2) is 48.5 Å². The summed E-state index contributed by atoms with van der Waals surface area (Å²) < 4.78 is 0. The number of hydroxylamine groups is 1. The van der Waals surface area contributed by atoms with Crippen LogP contribution in [-0.2, 0) is 33.0 Å². The van der Waals surface area contributed by atoms with Gasteiger partial charge in [0.1, 0.15) is 11.8 Å². The van der Waals surface area contributed by atoms with Crippen molar-refractivity contribution in [3.05, 3.63) is 65.2 Å². The summed E-state index contributed by atoms with van der Waals surface area (Å²) in [6, 6.07) is 12.0. The van der Waals surface area contributed by atoms with Crippen molar-refractivity contribution < 1.29 is 29.8 Å². The molecule has 0 spiro atoms. The third-order valence-corrected chi connectivity index (χ3v) is 6.08. The number of carbonyl (C=O) groups excluding carboxylic acids is 3. The van der Waals surface area contributed by atoms with E-state index in [0.717, 1.165) is 5.56 Å². The van der Waals surface area contributed by atoms with E-state index in [1.807, 2.05) is 12.1 Å². The maximum Gasteiger partial charge on any atom is 0.249 e. The molecule has 1 aliphatic rings. The molecule has 6 N–H and O–H groups in total. The van der Waals surface area contributed by atoms with Crippen LogP contribution in [0.3, 0.4) is 0 Å². The number of hydrogen-bond acceptors (Lipinski definition) is 6. The van der Waals surface area contributed by atoms with Gasteiger partial charge in [-0.3, -0.25) is 19.6 Å². The van der Waals surface area contributed by atoms with Crippen molar-refractivity contribution in [2.45, 2.75) is 51.8 Å². The number of aromatic hydroxyl groups is 1. The van der Waals surface area contributed by atoms with Crippen LogP contribution in [0, 0.1) is 11.3 Å². The van der Waals surface area contributed by atoms with E-state index in [1.165, 1.54) is 6.07 Å². The van der Waals surface area contributed by atoms with Crippen LogP contribution >= 0.6 is 0 Å². The summed E-state index contributed by atoms with van der Waals surface area (Å²) in [4.78, 5) is 39.0. The smallest absolute Gasteiger partial charge is 0.249 e. The lowest BCUT2D eigenvalue weighted by Gasteiger charge is -2.32. The largest absolute Gasteiger partial charge is 0.508 e. The van der Waals surface area contributed by atoms with E-state index in [0.29, 0.717) is 17.5 Å². The predicted octanol–water partition coefficient (Wildman–Crippen LogP) is 1.49. The van der Waals surface area contributed by atoms with Gasteiger partial charge in [0.25, 0.3) is 0 Å².